The summed E-state index contributed by atoms with van der Waals surface area (Å²) in [6, 6.07) is 10.5. The van der Waals surface area contributed by atoms with E-state index < -0.39 is 17.7 Å². The van der Waals surface area contributed by atoms with Crippen molar-refractivity contribution in [2.75, 3.05) is 10.6 Å². The van der Waals surface area contributed by atoms with Crippen LogP contribution in [0.4, 0.5) is 24.5 Å². The van der Waals surface area contributed by atoms with E-state index in [1.54, 1.807) is 32.0 Å². The van der Waals surface area contributed by atoms with Crippen LogP contribution in [-0.4, -0.2) is 23.6 Å². The lowest BCUT2D eigenvalue weighted by Gasteiger charge is -2.31. The van der Waals surface area contributed by atoms with Gasteiger partial charge in [0.1, 0.15) is 5.75 Å². The van der Waals surface area contributed by atoms with Gasteiger partial charge in [-0.15, -0.1) is 0 Å². The van der Waals surface area contributed by atoms with E-state index in [1.165, 1.54) is 24.3 Å². The van der Waals surface area contributed by atoms with Gasteiger partial charge in [0.2, 0.25) is 0 Å². The fourth-order valence-corrected chi connectivity index (χ4v) is 2.52. The fourth-order valence-electron chi connectivity index (χ4n) is 2.52. The molecule has 0 atom stereocenters. The van der Waals surface area contributed by atoms with Crippen LogP contribution in [0.5, 0.6) is 5.75 Å². The number of hydrogen-bond donors (Lipinski definition) is 2. The Morgan fingerprint density at radius 1 is 1.14 bits per heavy atom. The van der Waals surface area contributed by atoms with Gasteiger partial charge in [-0.1, -0.05) is 18.2 Å². The second-order valence-electron chi connectivity index (χ2n) is 6.73. The van der Waals surface area contributed by atoms with Crippen LogP contribution < -0.4 is 15.4 Å². The molecule has 1 heterocycles. The third kappa shape index (κ3) is 4.51. The van der Waals surface area contributed by atoms with Gasteiger partial charge in [-0.05, 0) is 43.7 Å². The minimum atomic E-state index is -4.39. The first kappa shape index (κ1) is 19.5. The normalized spacial score (nSPS) is 15.5. The maximum atomic E-state index is 12.4. The number of carbonyl (C=O) groups excluding carboxylic acids is 2. The molecule has 2 amide bonds. The topological polar surface area (TPSA) is 67.4 Å². The van der Waals surface area contributed by atoms with Crippen molar-refractivity contribution in [3.05, 3.63) is 59.7 Å². The number of anilines is 2. The molecule has 1 aliphatic rings. The van der Waals surface area contributed by atoms with Crippen LogP contribution in [0.15, 0.2) is 48.5 Å². The molecular weight excluding hydrogens is 373 g/mol. The highest BCUT2D eigenvalue weighted by atomic mass is 19.4. The van der Waals surface area contributed by atoms with Gasteiger partial charge in [-0.2, -0.15) is 13.2 Å². The number of allylic oxidation sites excluding steroid dienone is 1. The predicted octanol–water partition coefficient (Wildman–Crippen LogP) is 4.62. The predicted molar refractivity (Wildman–Crippen MR) is 99.3 cm³/mol. The molecule has 146 valence electrons. The van der Waals surface area contributed by atoms with Crippen LogP contribution >= 0.6 is 0 Å². The Labute approximate surface area is 159 Å². The molecule has 2 aromatic carbocycles. The lowest BCUT2D eigenvalue weighted by Crippen LogP contribution is -2.45. The van der Waals surface area contributed by atoms with Gasteiger partial charge >= 0.3 is 6.18 Å². The zero-order chi connectivity index (χ0) is 20.5. The van der Waals surface area contributed by atoms with Crippen molar-refractivity contribution in [3.63, 3.8) is 0 Å². The number of benzene rings is 2. The van der Waals surface area contributed by atoms with Crippen molar-refractivity contribution in [1.29, 1.82) is 0 Å². The van der Waals surface area contributed by atoms with Gasteiger partial charge in [0.15, 0.2) is 5.60 Å². The summed E-state index contributed by atoms with van der Waals surface area (Å²) in [6.07, 6.45) is -3.33. The lowest BCUT2D eigenvalue weighted by molar-refractivity contribution is -0.129. The molecule has 0 saturated heterocycles. The average molecular weight is 390 g/mol. The second kappa shape index (κ2) is 7.03. The zero-order valence-electron chi connectivity index (χ0n) is 15.1. The monoisotopic (exact) mass is 390 g/mol. The minimum Gasteiger partial charge on any atom is -0.476 e. The maximum absolute atomic E-state index is 12.4. The first-order chi connectivity index (χ1) is 13.0. The molecule has 28 heavy (non-hydrogen) atoms. The summed E-state index contributed by atoms with van der Waals surface area (Å²) in [5.74, 6) is -0.267. The van der Waals surface area contributed by atoms with E-state index in [0.29, 0.717) is 22.7 Å². The average Bonchev–Trinajstić information content (AvgIpc) is 2.60. The van der Waals surface area contributed by atoms with E-state index in [1.807, 2.05) is 0 Å². The molecule has 0 spiro atoms. The molecule has 1 aliphatic heterocycles. The molecule has 8 heteroatoms. The largest absolute Gasteiger partial charge is 0.476 e. The molecule has 3 rings (SSSR count). The Hall–Kier alpha value is -3.29. The minimum absolute atomic E-state index is 0.134. The summed E-state index contributed by atoms with van der Waals surface area (Å²) in [4.78, 5) is 24.3. The molecule has 0 radical (unpaired) electrons. The van der Waals surface area contributed by atoms with Crippen molar-refractivity contribution >= 4 is 29.3 Å². The van der Waals surface area contributed by atoms with Crippen LogP contribution in [0, 0.1) is 0 Å². The van der Waals surface area contributed by atoms with E-state index in [4.69, 9.17) is 4.74 Å². The van der Waals surface area contributed by atoms with Crippen molar-refractivity contribution in [2.24, 2.45) is 0 Å². The molecular formula is C20H17F3N2O3. The fraction of sp³-hybridized carbons (Fsp3) is 0.200. The number of amides is 2. The number of nitrogens with one attached hydrogen (secondary N) is 2. The number of rotatable bonds is 3. The summed E-state index contributed by atoms with van der Waals surface area (Å²) in [5.41, 5.74) is 0.542. The summed E-state index contributed by atoms with van der Waals surface area (Å²) in [6.45, 7) is 3.26. The Morgan fingerprint density at radius 3 is 2.46 bits per heavy atom. The van der Waals surface area contributed by atoms with E-state index in [2.05, 4.69) is 10.6 Å². The van der Waals surface area contributed by atoms with Gasteiger partial charge < -0.3 is 15.4 Å². The van der Waals surface area contributed by atoms with Crippen LogP contribution in [0.25, 0.3) is 6.08 Å². The number of carbonyl (C=O) groups is 2. The Bertz CT molecular complexity index is 948. The molecule has 0 unspecified atom stereocenters. The van der Waals surface area contributed by atoms with Gasteiger partial charge in [-0.3, -0.25) is 9.59 Å². The summed E-state index contributed by atoms with van der Waals surface area (Å²) in [5, 5.41) is 5.42. The summed E-state index contributed by atoms with van der Waals surface area (Å²) in [7, 11) is 0. The molecule has 0 saturated carbocycles. The van der Waals surface area contributed by atoms with E-state index in [9.17, 15) is 22.8 Å². The summed E-state index contributed by atoms with van der Waals surface area (Å²) >= 11 is 0. The number of hydrogen-bond acceptors (Lipinski definition) is 3. The third-order valence-corrected chi connectivity index (χ3v) is 4.04. The highest BCUT2D eigenvalue weighted by Crippen LogP contribution is 2.35. The third-order valence-electron chi connectivity index (χ3n) is 4.04. The molecule has 0 bridgehead atoms. The van der Waals surface area contributed by atoms with Gasteiger partial charge in [0, 0.05) is 23.4 Å². The molecule has 2 aromatic rings. The maximum Gasteiger partial charge on any atom is 0.409 e. The van der Waals surface area contributed by atoms with Gasteiger partial charge in [-0.25, -0.2) is 0 Å². The molecule has 0 aliphatic carbocycles. The second-order valence-corrected chi connectivity index (χ2v) is 6.73. The number of fused-ring (bicyclic) bond motifs is 1. The highest BCUT2D eigenvalue weighted by Gasteiger charge is 2.35. The Balaban J connectivity index is 1.72. The highest BCUT2D eigenvalue weighted by molar-refractivity contribution is 6.05. The van der Waals surface area contributed by atoms with Crippen molar-refractivity contribution in [2.45, 2.75) is 25.6 Å². The zero-order valence-corrected chi connectivity index (χ0v) is 15.1. The number of alkyl halides is 3. The van der Waals surface area contributed by atoms with Gasteiger partial charge in [0.05, 0.1) is 5.69 Å². The number of halogens is 3. The van der Waals surface area contributed by atoms with Gasteiger partial charge in [0.25, 0.3) is 11.8 Å². The smallest absolute Gasteiger partial charge is 0.409 e. The number of ether oxygens (including phenoxy) is 1. The molecule has 0 aromatic heterocycles. The van der Waals surface area contributed by atoms with Crippen LogP contribution in [0.1, 0.15) is 29.8 Å². The molecule has 0 fully saturated rings. The SMILES string of the molecule is CC1(C)Oc2cc(NC(=O)c3ccc(/C=C/C(F)(F)F)cc3)ccc2NC1=O. The Morgan fingerprint density at radius 2 is 1.82 bits per heavy atom. The molecule has 5 nitrogen and oxygen atoms in total. The van der Waals surface area contributed by atoms with E-state index in [-0.39, 0.29) is 17.5 Å². The summed E-state index contributed by atoms with van der Waals surface area (Å²) < 4.78 is 42.3. The van der Waals surface area contributed by atoms with Crippen molar-refractivity contribution in [3.8, 4) is 5.75 Å². The van der Waals surface area contributed by atoms with E-state index in [0.717, 1.165) is 6.08 Å². The first-order valence-electron chi connectivity index (χ1n) is 8.35. The van der Waals surface area contributed by atoms with Crippen molar-refractivity contribution < 1.29 is 27.5 Å². The van der Waals surface area contributed by atoms with Crippen LogP contribution in [0.2, 0.25) is 0 Å². The van der Waals surface area contributed by atoms with Crippen molar-refractivity contribution in [1.82, 2.24) is 0 Å². The van der Waals surface area contributed by atoms with Crippen LogP contribution in [-0.2, 0) is 4.79 Å². The lowest BCUT2D eigenvalue weighted by atomic mass is 10.1. The standard InChI is InChI=1S/C20H17F3N2O3/c1-19(2)18(27)25-15-8-7-14(11-16(15)28-19)24-17(26)13-5-3-12(4-6-13)9-10-20(21,22)23/h3-11H,1-2H3,(H,24,26)(H,25,27)/b10-9+. The van der Waals surface area contributed by atoms with Crippen LogP contribution in [0.3, 0.4) is 0 Å². The van der Waals surface area contributed by atoms with E-state index >= 15 is 0 Å². The molecule has 2 N–H and O–H groups in total. The first-order valence-corrected chi connectivity index (χ1v) is 8.35. The Kier molecular flexibility index (Phi) is 4.89. The quantitative estimate of drug-likeness (QED) is 0.803.